The molecular formula is C24H33N3O. The van der Waals surface area contributed by atoms with Crippen LogP contribution in [0.15, 0.2) is 54.6 Å². The minimum Gasteiger partial charge on any atom is -0.374 e. The Morgan fingerprint density at radius 3 is 2.75 bits per heavy atom. The van der Waals surface area contributed by atoms with Crippen LogP contribution < -0.4 is 5.32 Å². The molecule has 1 aliphatic heterocycles. The highest BCUT2D eigenvalue weighted by molar-refractivity contribution is 5.83. The smallest absolute Gasteiger partial charge is 0.0826 e. The highest BCUT2D eigenvalue weighted by Gasteiger charge is 2.20. The summed E-state index contributed by atoms with van der Waals surface area (Å²) >= 11 is 0. The minimum atomic E-state index is 0.250. The van der Waals surface area contributed by atoms with Gasteiger partial charge in [-0.3, -0.25) is 4.90 Å². The van der Waals surface area contributed by atoms with Gasteiger partial charge in [-0.25, -0.2) is 0 Å². The molecule has 1 atom stereocenters. The summed E-state index contributed by atoms with van der Waals surface area (Å²) in [5.41, 5.74) is 5.13. The van der Waals surface area contributed by atoms with Crippen LogP contribution in [0.5, 0.6) is 0 Å². The molecule has 0 aliphatic carbocycles. The number of aryl methyl sites for hydroxylation is 1. The average molecular weight is 380 g/mol. The van der Waals surface area contributed by atoms with Crippen molar-refractivity contribution < 1.29 is 4.74 Å². The van der Waals surface area contributed by atoms with Gasteiger partial charge in [0.15, 0.2) is 0 Å². The molecular weight excluding hydrogens is 346 g/mol. The molecule has 0 bridgehead atoms. The molecule has 150 valence electrons. The number of hydrogen-bond acceptors (Lipinski definition) is 3. The number of nitrogens with one attached hydrogen (secondary N) is 2. The Morgan fingerprint density at radius 2 is 1.93 bits per heavy atom. The molecule has 1 fully saturated rings. The number of aromatic amines is 1. The van der Waals surface area contributed by atoms with Crippen molar-refractivity contribution in [1.82, 2.24) is 15.2 Å². The third-order valence-electron chi connectivity index (χ3n) is 5.05. The van der Waals surface area contributed by atoms with Crippen molar-refractivity contribution >= 4 is 10.9 Å². The molecule has 28 heavy (non-hydrogen) atoms. The van der Waals surface area contributed by atoms with Crippen LogP contribution in [0.1, 0.15) is 30.7 Å². The van der Waals surface area contributed by atoms with Crippen LogP contribution in [-0.4, -0.2) is 42.2 Å². The van der Waals surface area contributed by atoms with Gasteiger partial charge in [0.2, 0.25) is 0 Å². The zero-order chi connectivity index (χ0) is 19.8. The van der Waals surface area contributed by atoms with E-state index in [-0.39, 0.29) is 6.10 Å². The van der Waals surface area contributed by atoms with E-state index in [1.54, 1.807) is 0 Å². The Hall–Kier alpha value is -2.14. The number of hydrogen-bond donors (Lipinski definition) is 2. The van der Waals surface area contributed by atoms with Crippen molar-refractivity contribution in [2.75, 3.05) is 26.2 Å². The summed E-state index contributed by atoms with van der Waals surface area (Å²) in [6.45, 7) is 11.7. The van der Waals surface area contributed by atoms with E-state index < -0.39 is 0 Å². The van der Waals surface area contributed by atoms with Gasteiger partial charge in [-0.1, -0.05) is 56.3 Å². The SMILES string of the molecule is CC.Cc1cc2c(CNCC3CN(Cc4ccccc4)CCO3)cccc2[nH]1. The molecule has 1 aliphatic rings. The van der Waals surface area contributed by atoms with E-state index in [0.717, 1.165) is 39.3 Å². The molecule has 1 unspecified atom stereocenters. The van der Waals surface area contributed by atoms with Gasteiger partial charge in [-0.05, 0) is 30.2 Å². The quantitative estimate of drug-likeness (QED) is 0.663. The molecule has 0 saturated carbocycles. The number of aromatic nitrogens is 1. The second-order valence-corrected chi connectivity index (χ2v) is 7.18. The first-order chi connectivity index (χ1) is 13.8. The molecule has 1 saturated heterocycles. The van der Waals surface area contributed by atoms with Crippen molar-refractivity contribution in [2.45, 2.75) is 40.0 Å². The predicted molar refractivity (Wildman–Crippen MR) is 118 cm³/mol. The van der Waals surface area contributed by atoms with Gasteiger partial charge in [0.05, 0.1) is 12.7 Å². The van der Waals surface area contributed by atoms with Crippen LogP contribution in [0.4, 0.5) is 0 Å². The largest absolute Gasteiger partial charge is 0.374 e. The Bertz CT molecular complexity index is 843. The van der Waals surface area contributed by atoms with E-state index in [1.807, 2.05) is 13.8 Å². The summed E-state index contributed by atoms with van der Waals surface area (Å²) in [5.74, 6) is 0. The summed E-state index contributed by atoms with van der Waals surface area (Å²) in [6, 6.07) is 19.4. The van der Waals surface area contributed by atoms with Crippen LogP contribution in [0.3, 0.4) is 0 Å². The number of H-pyrrole nitrogens is 1. The Balaban J connectivity index is 0.00000109. The first-order valence-electron chi connectivity index (χ1n) is 10.4. The van der Waals surface area contributed by atoms with Gasteiger partial charge in [0, 0.05) is 49.3 Å². The van der Waals surface area contributed by atoms with Crippen molar-refractivity contribution in [3.05, 3.63) is 71.4 Å². The zero-order valence-electron chi connectivity index (χ0n) is 17.4. The fraction of sp³-hybridized carbons (Fsp3) is 0.417. The predicted octanol–water partition coefficient (Wildman–Crippen LogP) is 4.49. The van der Waals surface area contributed by atoms with E-state index in [2.05, 4.69) is 76.7 Å². The molecule has 4 rings (SSSR count). The maximum atomic E-state index is 5.97. The minimum absolute atomic E-state index is 0.250. The second kappa shape index (κ2) is 10.4. The average Bonchev–Trinajstić information content (AvgIpc) is 3.12. The monoisotopic (exact) mass is 379 g/mol. The number of benzene rings is 2. The highest BCUT2D eigenvalue weighted by Crippen LogP contribution is 2.19. The van der Waals surface area contributed by atoms with Gasteiger partial charge in [-0.2, -0.15) is 0 Å². The molecule has 4 heteroatoms. The van der Waals surface area contributed by atoms with Crippen LogP contribution in [0.2, 0.25) is 0 Å². The molecule has 3 aromatic rings. The summed E-state index contributed by atoms with van der Waals surface area (Å²) in [5, 5.41) is 4.90. The highest BCUT2D eigenvalue weighted by atomic mass is 16.5. The van der Waals surface area contributed by atoms with Crippen LogP contribution in [-0.2, 0) is 17.8 Å². The van der Waals surface area contributed by atoms with Gasteiger partial charge in [-0.15, -0.1) is 0 Å². The molecule has 0 amide bonds. The third kappa shape index (κ3) is 5.44. The summed E-state index contributed by atoms with van der Waals surface area (Å²) in [4.78, 5) is 5.90. The van der Waals surface area contributed by atoms with Crippen molar-refractivity contribution in [1.29, 1.82) is 0 Å². The lowest BCUT2D eigenvalue weighted by molar-refractivity contribution is -0.0300. The van der Waals surface area contributed by atoms with Crippen LogP contribution in [0.25, 0.3) is 10.9 Å². The normalized spacial score (nSPS) is 17.3. The first kappa shape index (κ1) is 20.6. The number of fused-ring (bicyclic) bond motifs is 1. The molecule has 0 spiro atoms. The molecule has 2 N–H and O–H groups in total. The van der Waals surface area contributed by atoms with E-state index in [1.165, 1.54) is 27.7 Å². The van der Waals surface area contributed by atoms with E-state index in [0.29, 0.717) is 0 Å². The van der Waals surface area contributed by atoms with E-state index in [4.69, 9.17) is 4.74 Å². The fourth-order valence-electron chi connectivity index (χ4n) is 3.77. The zero-order valence-corrected chi connectivity index (χ0v) is 17.4. The van der Waals surface area contributed by atoms with E-state index in [9.17, 15) is 0 Å². The van der Waals surface area contributed by atoms with Crippen molar-refractivity contribution in [2.24, 2.45) is 0 Å². The molecule has 4 nitrogen and oxygen atoms in total. The molecule has 2 heterocycles. The Morgan fingerprint density at radius 1 is 1.11 bits per heavy atom. The maximum absolute atomic E-state index is 5.97. The topological polar surface area (TPSA) is 40.3 Å². The van der Waals surface area contributed by atoms with Gasteiger partial charge in [0.25, 0.3) is 0 Å². The Labute approximate surface area is 168 Å². The van der Waals surface area contributed by atoms with Gasteiger partial charge < -0.3 is 15.0 Å². The maximum Gasteiger partial charge on any atom is 0.0826 e. The molecule has 1 aromatic heterocycles. The van der Waals surface area contributed by atoms with Crippen LogP contribution in [0, 0.1) is 6.92 Å². The fourth-order valence-corrected chi connectivity index (χ4v) is 3.77. The number of rotatable bonds is 6. The summed E-state index contributed by atoms with van der Waals surface area (Å²) < 4.78 is 5.97. The second-order valence-electron chi connectivity index (χ2n) is 7.18. The third-order valence-corrected chi connectivity index (χ3v) is 5.05. The lowest BCUT2D eigenvalue weighted by Crippen LogP contribution is -2.46. The van der Waals surface area contributed by atoms with Gasteiger partial charge >= 0.3 is 0 Å². The van der Waals surface area contributed by atoms with Crippen molar-refractivity contribution in [3.63, 3.8) is 0 Å². The van der Waals surface area contributed by atoms with Crippen LogP contribution >= 0.6 is 0 Å². The molecule has 2 aromatic carbocycles. The van der Waals surface area contributed by atoms with Gasteiger partial charge in [0.1, 0.15) is 0 Å². The lowest BCUT2D eigenvalue weighted by Gasteiger charge is -2.33. The number of morpholine rings is 1. The number of ether oxygens (including phenoxy) is 1. The summed E-state index contributed by atoms with van der Waals surface area (Å²) in [6.07, 6.45) is 0.250. The van der Waals surface area contributed by atoms with E-state index >= 15 is 0 Å². The standard InChI is InChI=1S/C22H27N3O.C2H6/c1-17-12-21-19(8-5-9-22(21)24-17)13-23-14-20-16-25(10-11-26-20)15-18-6-3-2-4-7-18;1-2/h2-9,12,20,23-24H,10-11,13-16H2,1H3;1-2H3. The first-order valence-corrected chi connectivity index (χ1v) is 10.4. The summed E-state index contributed by atoms with van der Waals surface area (Å²) in [7, 11) is 0. The lowest BCUT2D eigenvalue weighted by atomic mass is 10.1. The Kier molecular flexibility index (Phi) is 7.66. The molecule has 0 radical (unpaired) electrons. The van der Waals surface area contributed by atoms with Crippen molar-refractivity contribution in [3.8, 4) is 0 Å². The number of nitrogens with zero attached hydrogens (tertiary/aromatic N) is 1.